The quantitative estimate of drug-likeness (QED) is 0.623. The number of benzene rings is 2. The van der Waals surface area contributed by atoms with Crippen molar-refractivity contribution in [3.05, 3.63) is 71.9 Å². The Hall–Kier alpha value is -3.87. The molecule has 7 heteroatoms. The van der Waals surface area contributed by atoms with Crippen LogP contribution < -0.4 is 20.3 Å². The van der Waals surface area contributed by atoms with Crippen molar-refractivity contribution in [1.82, 2.24) is 4.98 Å². The molecule has 2 heterocycles. The summed E-state index contributed by atoms with van der Waals surface area (Å²) in [7, 11) is 0. The zero-order valence-corrected chi connectivity index (χ0v) is 17.5. The topological polar surface area (TPSA) is 83.6 Å². The summed E-state index contributed by atoms with van der Waals surface area (Å²) < 4.78 is 5.46. The molecule has 0 spiro atoms. The second kappa shape index (κ2) is 8.87. The van der Waals surface area contributed by atoms with Crippen LogP contribution in [0.4, 0.5) is 22.9 Å². The molecule has 0 saturated carbocycles. The van der Waals surface area contributed by atoms with E-state index in [9.17, 15) is 9.59 Å². The minimum absolute atomic E-state index is 0.0240. The molecule has 1 aliphatic heterocycles. The molecule has 0 fully saturated rings. The smallest absolute Gasteiger partial charge is 0.259 e. The summed E-state index contributed by atoms with van der Waals surface area (Å²) in [6, 6.07) is 16.6. The summed E-state index contributed by atoms with van der Waals surface area (Å²) in [6.45, 7) is 4.77. The number of nitrogens with one attached hydrogen (secondary N) is 2. The largest absolute Gasteiger partial charge is 0.494 e. The number of anilines is 4. The fraction of sp³-hybridized carbons (Fsp3) is 0.208. The highest BCUT2D eigenvalue weighted by Crippen LogP contribution is 2.31. The van der Waals surface area contributed by atoms with Gasteiger partial charge in [0, 0.05) is 36.7 Å². The second-order valence-electron chi connectivity index (χ2n) is 7.20. The van der Waals surface area contributed by atoms with E-state index in [1.165, 1.54) is 0 Å². The number of nitrogens with zero attached hydrogens (tertiary/aromatic N) is 2. The van der Waals surface area contributed by atoms with Crippen LogP contribution in [0.1, 0.15) is 29.8 Å². The first-order valence-corrected chi connectivity index (χ1v) is 10.2. The van der Waals surface area contributed by atoms with Gasteiger partial charge in [0.25, 0.3) is 5.91 Å². The van der Waals surface area contributed by atoms with E-state index in [1.54, 1.807) is 30.2 Å². The van der Waals surface area contributed by atoms with Gasteiger partial charge in [0.05, 0.1) is 12.2 Å². The van der Waals surface area contributed by atoms with Crippen LogP contribution in [0.15, 0.2) is 60.8 Å². The number of ether oxygens (including phenoxy) is 1. The van der Waals surface area contributed by atoms with Crippen molar-refractivity contribution in [1.29, 1.82) is 0 Å². The Morgan fingerprint density at radius 3 is 2.61 bits per heavy atom. The van der Waals surface area contributed by atoms with E-state index in [0.29, 0.717) is 30.2 Å². The molecule has 4 rings (SSSR count). The zero-order valence-electron chi connectivity index (χ0n) is 17.5. The Balaban J connectivity index is 1.50. The van der Waals surface area contributed by atoms with Crippen molar-refractivity contribution in [2.75, 3.05) is 28.7 Å². The van der Waals surface area contributed by atoms with Gasteiger partial charge in [-0.05, 0) is 73.5 Å². The van der Waals surface area contributed by atoms with E-state index >= 15 is 0 Å². The summed E-state index contributed by atoms with van der Waals surface area (Å²) in [6.07, 6.45) is 2.41. The number of aromatic nitrogens is 1. The molecule has 1 aromatic heterocycles. The molecule has 0 saturated heterocycles. The van der Waals surface area contributed by atoms with E-state index in [2.05, 4.69) is 15.6 Å². The first kappa shape index (κ1) is 20.4. The van der Waals surface area contributed by atoms with Crippen molar-refractivity contribution in [3.63, 3.8) is 0 Å². The van der Waals surface area contributed by atoms with E-state index in [1.807, 2.05) is 49.4 Å². The molecule has 7 nitrogen and oxygen atoms in total. The number of pyridine rings is 1. The lowest BCUT2D eigenvalue weighted by atomic mass is 10.1. The highest BCUT2D eigenvalue weighted by molar-refractivity contribution is 6.08. The van der Waals surface area contributed by atoms with Crippen molar-refractivity contribution < 1.29 is 14.3 Å². The van der Waals surface area contributed by atoms with Gasteiger partial charge < -0.3 is 20.3 Å². The summed E-state index contributed by atoms with van der Waals surface area (Å²) in [5.74, 6) is 1.01. The number of fused-ring (bicyclic) bond motifs is 1. The van der Waals surface area contributed by atoms with Crippen LogP contribution in [0.3, 0.4) is 0 Å². The van der Waals surface area contributed by atoms with Crippen LogP contribution in [0, 0.1) is 0 Å². The molecule has 1 aliphatic rings. The Bertz CT molecular complexity index is 1110. The number of hydrogen-bond acceptors (Lipinski definition) is 5. The van der Waals surface area contributed by atoms with E-state index < -0.39 is 0 Å². The fourth-order valence-corrected chi connectivity index (χ4v) is 3.63. The third-order valence-corrected chi connectivity index (χ3v) is 5.09. The van der Waals surface area contributed by atoms with E-state index in [4.69, 9.17) is 4.74 Å². The summed E-state index contributed by atoms with van der Waals surface area (Å²) in [5.41, 5.74) is 3.88. The van der Waals surface area contributed by atoms with Crippen molar-refractivity contribution in [2.24, 2.45) is 0 Å². The Labute approximate surface area is 181 Å². The van der Waals surface area contributed by atoms with Crippen molar-refractivity contribution >= 4 is 34.7 Å². The molecule has 3 aromatic rings. The summed E-state index contributed by atoms with van der Waals surface area (Å²) in [4.78, 5) is 30.8. The highest BCUT2D eigenvalue weighted by Gasteiger charge is 2.22. The van der Waals surface area contributed by atoms with E-state index in [0.717, 1.165) is 29.1 Å². The summed E-state index contributed by atoms with van der Waals surface area (Å²) in [5, 5.41) is 6.14. The standard InChI is InChI=1S/C24H24N4O3/c1-3-31-20-9-6-18(7-10-20)26-23-21(5-4-13-25-23)24(30)27-19-8-11-22-17(15-19)12-14-28(22)16(2)29/h4-11,13,15H,3,12,14H2,1-2H3,(H,25,26)(H,27,30). The average molecular weight is 416 g/mol. The fourth-order valence-electron chi connectivity index (χ4n) is 3.63. The number of carbonyl (C=O) groups excluding carboxylic acids is 2. The number of carbonyl (C=O) groups is 2. The second-order valence-corrected chi connectivity index (χ2v) is 7.20. The molecule has 2 N–H and O–H groups in total. The van der Waals surface area contributed by atoms with E-state index in [-0.39, 0.29) is 11.8 Å². The van der Waals surface area contributed by atoms with Gasteiger partial charge in [-0.15, -0.1) is 0 Å². The lowest BCUT2D eigenvalue weighted by Crippen LogP contribution is -2.25. The molecule has 158 valence electrons. The first-order valence-electron chi connectivity index (χ1n) is 10.2. The third kappa shape index (κ3) is 4.50. The van der Waals surface area contributed by atoms with Crippen LogP contribution >= 0.6 is 0 Å². The Morgan fingerprint density at radius 2 is 1.87 bits per heavy atom. The molecule has 31 heavy (non-hydrogen) atoms. The van der Waals surface area contributed by atoms with Gasteiger partial charge in [0.1, 0.15) is 11.6 Å². The lowest BCUT2D eigenvalue weighted by molar-refractivity contribution is -0.116. The van der Waals surface area contributed by atoms with Gasteiger partial charge in [-0.1, -0.05) is 0 Å². The highest BCUT2D eigenvalue weighted by atomic mass is 16.5. The maximum absolute atomic E-state index is 13.0. The molecule has 2 aromatic carbocycles. The van der Waals surface area contributed by atoms with Crippen molar-refractivity contribution in [3.8, 4) is 5.75 Å². The Morgan fingerprint density at radius 1 is 1.10 bits per heavy atom. The van der Waals surface area contributed by atoms with Crippen molar-refractivity contribution in [2.45, 2.75) is 20.3 Å². The van der Waals surface area contributed by atoms with Crippen LogP contribution in [-0.2, 0) is 11.2 Å². The molecule has 0 radical (unpaired) electrons. The molecular weight excluding hydrogens is 392 g/mol. The normalized spacial score (nSPS) is 12.3. The maximum atomic E-state index is 13.0. The number of hydrogen-bond donors (Lipinski definition) is 2. The molecule has 0 bridgehead atoms. The Kier molecular flexibility index (Phi) is 5.84. The number of amides is 2. The predicted octanol–water partition coefficient (Wildman–Crippen LogP) is 4.39. The van der Waals surface area contributed by atoms with Crippen LogP contribution in [0.25, 0.3) is 0 Å². The van der Waals surface area contributed by atoms with Crippen LogP contribution in [0.2, 0.25) is 0 Å². The summed E-state index contributed by atoms with van der Waals surface area (Å²) >= 11 is 0. The predicted molar refractivity (Wildman–Crippen MR) is 121 cm³/mol. The minimum atomic E-state index is -0.261. The monoisotopic (exact) mass is 416 g/mol. The molecular formula is C24H24N4O3. The number of rotatable bonds is 6. The van der Waals surface area contributed by atoms with Crippen LogP contribution in [-0.4, -0.2) is 29.9 Å². The van der Waals surface area contributed by atoms with Gasteiger partial charge >= 0.3 is 0 Å². The third-order valence-electron chi connectivity index (χ3n) is 5.09. The lowest BCUT2D eigenvalue weighted by Gasteiger charge is -2.15. The van der Waals surface area contributed by atoms with Gasteiger partial charge in [0.2, 0.25) is 5.91 Å². The van der Waals surface area contributed by atoms with Gasteiger partial charge in [-0.25, -0.2) is 4.98 Å². The zero-order chi connectivity index (χ0) is 21.8. The van der Waals surface area contributed by atoms with Gasteiger partial charge in [-0.2, -0.15) is 0 Å². The maximum Gasteiger partial charge on any atom is 0.259 e. The molecule has 0 unspecified atom stereocenters. The average Bonchev–Trinajstić information content (AvgIpc) is 3.19. The SMILES string of the molecule is CCOc1ccc(Nc2ncccc2C(=O)Nc2ccc3c(c2)CCN3C(C)=O)cc1. The van der Waals surface area contributed by atoms with Crippen LogP contribution in [0.5, 0.6) is 5.75 Å². The molecule has 2 amide bonds. The first-order chi connectivity index (χ1) is 15.0. The van der Waals surface area contributed by atoms with Gasteiger partial charge in [-0.3, -0.25) is 9.59 Å². The molecule has 0 atom stereocenters. The molecule has 0 aliphatic carbocycles. The minimum Gasteiger partial charge on any atom is -0.494 e. The van der Waals surface area contributed by atoms with Gasteiger partial charge in [0.15, 0.2) is 0 Å².